The third-order valence-electron chi connectivity index (χ3n) is 5.03. The van der Waals surface area contributed by atoms with Crippen LogP contribution >= 0.6 is 11.6 Å². The van der Waals surface area contributed by atoms with Crippen LogP contribution in [0, 0.1) is 0 Å². The summed E-state index contributed by atoms with van der Waals surface area (Å²) in [6, 6.07) is 14.3. The molecular weight excluding hydrogens is 483 g/mol. The molecule has 5 nitrogen and oxygen atoms in total. The van der Waals surface area contributed by atoms with E-state index in [1.165, 1.54) is 24.3 Å². The number of aromatic nitrogens is 1. The van der Waals surface area contributed by atoms with Gasteiger partial charge in [0, 0.05) is 11.6 Å². The molecule has 0 saturated carbocycles. The van der Waals surface area contributed by atoms with Gasteiger partial charge < -0.3 is 18.7 Å². The van der Waals surface area contributed by atoms with Gasteiger partial charge in [-0.2, -0.15) is 0 Å². The van der Waals surface area contributed by atoms with Crippen molar-refractivity contribution in [3.05, 3.63) is 65.2 Å². The molecule has 0 amide bonds. The zero-order chi connectivity index (χ0) is 25.2. The fourth-order valence-corrected chi connectivity index (χ4v) is 3.86. The maximum Gasteiger partial charge on any atom is 0.573 e. The fourth-order valence-electron chi connectivity index (χ4n) is 3.66. The van der Waals surface area contributed by atoms with Gasteiger partial charge in [-0.15, -0.1) is 13.2 Å². The molecule has 0 saturated heterocycles. The largest absolute Gasteiger partial charge is 0.573 e. The molecule has 4 rings (SSSR count). The Morgan fingerprint density at radius 2 is 1.66 bits per heavy atom. The average Bonchev–Trinajstić information content (AvgIpc) is 3.17. The average molecular weight is 506 g/mol. The Morgan fingerprint density at radius 3 is 2.31 bits per heavy atom. The zero-order valence-electron chi connectivity index (χ0n) is 19.3. The second kappa shape index (κ2) is 10.1. The molecule has 0 fully saturated rings. The van der Waals surface area contributed by atoms with Gasteiger partial charge in [0.1, 0.15) is 28.7 Å². The highest BCUT2D eigenvalue weighted by Gasteiger charge is 2.31. The lowest BCUT2D eigenvalue weighted by Crippen LogP contribution is -2.16. The summed E-state index contributed by atoms with van der Waals surface area (Å²) in [6.45, 7) is 5.90. The molecule has 0 atom stereocenters. The van der Waals surface area contributed by atoms with Crippen LogP contribution in [0.5, 0.6) is 23.0 Å². The SMILES string of the molecule is CCCc1cc(Oc2ccc(OC(F)(F)F)cc2)ccc1-c1noc2cc(Cl)c(OC(C)C)cc12. The maximum atomic E-state index is 12.4. The monoisotopic (exact) mass is 505 g/mol. The Balaban J connectivity index is 1.64. The third-order valence-corrected chi connectivity index (χ3v) is 5.33. The summed E-state index contributed by atoms with van der Waals surface area (Å²) in [5.41, 5.74) is 3.07. The minimum atomic E-state index is -4.74. The summed E-state index contributed by atoms with van der Waals surface area (Å²) in [6.07, 6.45) is -3.16. The van der Waals surface area contributed by atoms with Gasteiger partial charge in [-0.25, -0.2) is 0 Å². The van der Waals surface area contributed by atoms with Crippen LogP contribution in [-0.4, -0.2) is 17.6 Å². The first-order chi connectivity index (χ1) is 16.6. The molecular formula is C26H23ClF3NO4. The molecule has 9 heteroatoms. The normalized spacial score (nSPS) is 11.8. The van der Waals surface area contributed by atoms with Crippen LogP contribution in [0.4, 0.5) is 13.2 Å². The molecule has 0 unspecified atom stereocenters. The van der Waals surface area contributed by atoms with Gasteiger partial charge in [-0.3, -0.25) is 0 Å². The number of rotatable bonds is 8. The lowest BCUT2D eigenvalue weighted by atomic mass is 9.98. The Kier molecular flexibility index (Phi) is 7.12. The molecule has 0 N–H and O–H groups in total. The predicted molar refractivity (Wildman–Crippen MR) is 127 cm³/mol. The van der Waals surface area contributed by atoms with E-state index in [4.69, 9.17) is 25.6 Å². The second-order valence-electron chi connectivity index (χ2n) is 8.17. The van der Waals surface area contributed by atoms with Crippen molar-refractivity contribution in [3.63, 3.8) is 0 Å². The molecule has 0 aliphatic heterocycles. The van der Waals surface area contributed by atoms with E-state index >= 15 is 0 Å². The molecule has 3 aromatic carbocycles. The number of ether oxygens (including phenoxy) is 3. The van der Waals surface area contributed by atoms with Gasteiger partial charge >= 0.3 is 6.36 Å². The summed E-state index contributed by atoms with van der Waals surface area (Å²) in [4.78, 5) is 0. The van der Waals surface area contributed by atoms with Gasteiger partial charge in [-0.05, 0) is 74.4 Å². The first-order valence-corrected chi connectivity index (χ1v) is 11.4. The van der Waals surface area contributed by atoms with Crippen LogP contribution in [-0.2, 0) is 6.42 Å². The van der Waals surface area contributed by atoms with Crippen molar-refractivity contribution in [2.45, 2.75) is 46.1 Å². The topological polar surface area (TPSA) is 53.7 Å². The molecule has 0 aliphatic carbocycles. The van der Waals surface area contributed by atoms with E-state index in [-0.39, 0.29) is 11.9 Å². The Bertz CT molecular complexity index is 1320. The summed E-state index contributed by atoms with van der Waals surface area (Å²) >= 11 is 6.33. The van der Waals surface area contributed by atoms with Crippen molar-refractivity contribution in [1.29, 1.82) is 0 Å². The number of aryl methyl sites for hydroxylation is 1. The van der Waals surface area contributed by atoms with Crippen LogP contribution in [0.3, 0.4) is 0 Å². The smallest absolute Gasteiger partial charge is 0.489 e. The second-order valence-corrected chi connectivity index (χ2v) is 8.57. The molecule has 1 aromatic heterocycles. The number of hydrogen-bond acceptors (Lipinski definition) is 5. The van der Waals surface area contributed by atoms with Crippen LogP contribution in [0.25, 0.3) is 22.2 Å². The summed E-state index contributed by atoms with van der Waals surface area (Å²) in [7, 11) is 0. The first kappa shape index (κ1) is 24.7. The summed E-state index contributed by atoms with van der Waals surface area (Å²) in [5.74, 6) is 1.16. The van der Waals surface area contributed by atoms with Crippen LogP contribution in [0.2, 0.25) is 5.02 Å². The van der Waals surface area contributed by atoms with Gasteiger partial charge in [0.2, 0.25) is 0 Å². The molecule has 4 aromatic rings. The van der Waals surface area contributed by atoms with Crippen molar-refractivity contribution in [1.82, 2.24) is 5.16 Å². The quantitative estimate of drug-likeness (QED) is 0.240. The molecule has 0 radical (unpaired) electrons. The van der Waals surface area contributed by atoms with Crippen molar-refractivity contribution < 1.29 is 31.9 Å². The van der Waals surface area contributed by atoms with Crippen molar-refractivity contribution >= 4 is 22.6 Å². The lowest BCUT2D eigenvalue weighted by Gasteiger charge is -2.13. The van der Waals surface area contributed by atoms with E-state index in [1.807, 2.05) is 32.0 Å². The van der Waals surface area contributed by atoms with E-state index in [0.717, 1.165) is 29.4 Å². The number of nitrogens with zero attached hydrogens (tertiary/aromatic N) is 1. The van der Waals surface area contributed by atoms with E-state index in [0.29, 0.717) is 33.5 Å². The number of alkyl halides is 3. The number of hydrogen-bond donors (Lipinski definition) is 0. The van der Waals surface area contributed by atoms with E-state index in [2.05, 4.69) is 16.8 Å². The summed E-state index contributed by atoms with van der Waals surface area (Å²) < 4.78 is 58.3. The molecule has 0 bridgehead atoms. The highest BCUT2D eigenvalue weighted by atomic mass is 35.5. The number of benzene rings is 3. The van der Waals surface area contributed by atoms with Crippen molar-refractivity contribution in [2.24, 2.45) is 0 Å². The molecule has 0 aliphatic rings. The Labute approximate surface area is 205 Å². The van der Waals surface area contributed by atoms with E-state index in [1.54, 1.807) is 12.1 Å². The summed E-state index contributed by atoms with van der Waals surface area (Å²) in [5, 5.41) is 5.50. The van der Waals surface area contributed by atoms with Gasteiger partial charge in [0.25, 0.3) is 0 Å². The number of halogens is 4. The highest BCUT2D eigenvalue weighted by molar-refractivity contribution is 6.32. The molecule has 1 heterocycles. The highest BCUT2D eigenvalue weighted by Crippen LogP contribution is 2.38. The van der Waals surface area contributed by atoms with Crippen LogP contribution < -0.4 is 14.2 Å². The van der Waals surface area contributed by atoms with Crippen molar-refractivity contribution in [3.8, 4) is 34.3 Å². The fraction of sp³-hybridized carbons (Fsp3) is 0.269. The van der Waals surface area contributed by atoms with Gasteiger partial charge in [0.05, 0.1) is 16.5 Å². The van der Waals surface area contributed by atoms with E-state index < -0.39 is 6.36 Å². The molecule has 35 heavy (non-hydrogen) atoms. The first-order valence-electron chi connectivity index (χ1n) is 11.1. The van der Waals surface area contributed by atoms with Crippen LogP contribution in [0.1, 0.15) is 32.8 Å². The van der Waals surface area contributed by atoms with Crippen molar-refractivity contribution in [2.75, 3.05) is 0 Å². The maximum absolute atomic E-state index is 12.4. The number of fused-ring (bicyclic) bond motifs is 1. The molecule has 0 spiro atoms. The molecule has 184 valence electrons. The minimum absolute atomic E-state index is 0.0468. The predicted octanol–water partition coefficient (Wildman–Crippen LogP) is 8.58. The van der Waals surface area contributed by atoms with Crippen LogP contribution in [0.15, 0.2) is 59.1 Å². The Hall–Kier alpha value is -3.39. The Morgan fingerprint density at radius 1 is 0.971 bits per heavy atom. The standard InChI is InChI=1S/C26H23ClF3NO4/c1-4-5-16-12-19(33-17-6-8-18(9-7-17)34-26(28,29)30)10-11-20(16)25-21-13-24(32-15(2)3)22(27)14-23(21)35-31-25/h6-15H,4-5H2,1-3H3. The minimum Gasteiger partial charge on any atom is -0.489 e. The zero-order valence-corrected chi connectivity index (χ0v) is 20.0. The van der Waals surface area contributed by atoms with Gasteiger partial charge in [0.15, 0.2) is 5.58 Å². The van der Waals surface area contributed by atoms with E-state index in [9.17, 15) is 13.2 Å². The lowest BCUT2D eigenvalue weighted by molar-refractivity contribution is -0.274. The third kappa shape index (κ3) is 6.00. The van der Waals surface area contributed by atoms with Gasteiger partial charge in [-0.1, -0.05) is 30.1 Å².